The number of nitrogens with one attached hydrogen (secondary N) is 1. The number of amides is 1. The molecule has 0 fully saturated rings. The van der Waals surface area contributed by atoms with Crippen molar-refractivity contribution in [1.82, 2.24) is 9.21 Å². The quantitative estimate of drug-likeness (QED) is 0.533. The number of nitrogens with zero attached hydrogens (tertiary/aromatic N) is 2. The van der Waals surface area contributed by atoms with Crippen LogP contribution >= 0.6 is 0 Å². The number of carbonyl (C=O) groups excluding carboxylic acids is 1. The van der Waals surface area contributed by atoms with Crippen molar-refractivity contribution in [2.45, 2.75) is 52.0 Å². The molecule has 7 heteroatoms. The van der Waals surface area contributed by atoms with E-state index in [9.17, 15) is 13.2 Å². The summed E-state index contributed by atoms with van der Waals surface area (Å²) in [6.07, 6.45) is 0.888. The normalized spacial score (nSPS) is 11.8. The van der Waals surface area contributed by atoms with E-state index in [0.29, 0.717) is 25.9 Å². The van der Waals surface area contributed by atoms with Gasteiger partial charge in [-0.3, -0.25) is 9.69 Å². The smallest absolute Gasteiger partial charge is 0.243 e. The van der Waals surface area contributed by atoms with Crippen LogP contribution in [0.5, 0.6) is 0 Å². The maximum atomic E-state index is 12.6. The lowest BCUT2D eigenvalue weighted by Crippen LogP contribution is -2.30. The Morgan fingerprint density at radius 3 is 2.10 bits per heavy atom. The van der Waals surface area contributed by atoms with Gasteiger partial charge in [0.05, 0.1) is 4.90 Å². The molecule has 0 heterocycles. The number of anilines is 1. The minimum Gasteiger partial charge on any atom is -0.326 e. The van der Waals surface area contributed by atoms with Crippen molar-refractivity contribution < 1.29 is 13.2 Å². The zero-order chi connectivity index (χ0) is 22.9. The molecule has 0 saturated heterocycles. The van der Waals surface area contributed by atoms with E-state index in [1.807, 2.05) is 32.0 Å². The molecule has 6 nitrogen and oxygen atoms in total. The van der Waals surface area contributed by atoms with Crippen LogP contribution in [-0.2, 0) is 27.8 Å². The SMILES string of the molecule is CCN(CC)Cc1cccc(NC(=O)CCc2ccc(S(=O)(=O)N(CC)CC)cc2)c1. The fraction of sp³-hybridized carbons (Fsp3) is 0.458. The Hall–Kier alpha value is -2.22. The number of aryl methyl sites for hydroxylation is 1. The second-order valence-corrected chi connectivity index (χ2v) is 9.38. The molecule has 0 spiro atoms. The van der Waals surface area contributed by atoms with E-state index in [0.717, 1.165) is 30.9 Å². The van der Waals surface area contributed by atoms with Crippen LogP contribution in [0.3, 0.4) is 0 Å². The molecule has 170 valence electrons. The first kappa shape index (κ1) is 25.0. The molecule has 0 aliphatic carbocycles. The highest BCUT2D eigenvalue weighted by molar-refractivity contribution is 7.89. The van der Waals surface area contributed by atoms with E-state index in [1.54, 1.807) is 24.3 Å². The Balaban J connectivity index is 1.93. The van der Waals surface area contributed by atoms with Crippen molar-refractivity contribution in [2.24, 2.45) is 0 Å². The summed E-state index contributed by atoms with van der Waals surface area (Å²) in [5.41, 5.74) is 2.91. The number of hydrogen-bond acceptors (Lipinski definition) is 4. The Morgan fingerprint density at radius 1 is 0.871 bits per heavy atom. The van der Waals surface area contributed by atoms with Crippen LogP contribution in [0.4, 0.5) is 5.69 Å². The van der Waals surface area contributed by atoms with Crippen molar-refractivity contribution >= 4 is 21.6 Å². The number of rotatable bonds is 12. The second kappa shape index (κ2) is 12.0. The van der Waals surface area contributed by atoms with Crippen LogP contribution in [-0.4, -0.2) is 49.7 Å². The van der Waals surface area contributed by atoms with Gasteiger partial charge in [-0.25, -0.2) is 8.42 Å². The van der Waals surface area contributed by atoms with Gasteiger partial charge in [-0.05, 0) is 54.9 Å². The Bertz CT molecular complexity index is 935. The van der Waals surface area contributed by atoms with Crippen LogP contribution in [0.2, 0.25) is 0 Å². The molecule has 2 aromatic carbocycles. The maximum absolute atomic E-state index is 12.6. The van der Waals surface area contributed by atoms with Crippen molar-refractivity contribution in [3.63, 3.8) is 0 Å². The van der Waals surface area contributed by atoms with Gasteiger partial charge in [0.15, 0.2) is 0 Å². The summed E-state index contributed by atoms with van der Waals surface area (Å²) in [4.78, 5) is 15.0. The largest absolute Gasteiger partial charge is 0.326 e. The third-order valence-electron chi connectivity index (χ3n) is 5.42. The van der Waals surface area contributed by atoms with Gasteiger partial charge in [0.25, 0.3) is 0 Å². The van der Waals surface area contributed by atoms with Crippen LogP contribution in [0.1, 0.15) is 45.2 Å². The zero-order valence-electron chi connectivity index (χ0n) is 19.1. The van der Waals surface area contributed by atoms with Crippen molar-refractivity contribution in [1.29, 1.82) is 0 Å². The van der Waals surface area contributed by atoms with Crippen molar-refractivity contribution in [3.8, 4) is 0 Å². The average molecular weight is 446 g/mol. The molecule has 0 bridgehead atoms. The molecule has 1 N–H and O–H groups in total. The first-order valence-corrected chi connectivity index (χ1v) is 12.5. The first-order valence-electron chi connectivity index (χ1n) is 11.0. The topological polar surface area (TPSA) is 69.7 Å². The summed E-state index contributed by atoms with van der Waals surface area (Å²) in [5.74, 6) is -0.0557. The monoisotopic (exact) mass is 445 g/mol. The van der Waals surface area contributed by atoms with Gasteiger partial charge in [0.2, 0.25) is 15.9 Å². The van der Waals surface area contributed by atoms with E-state index in [-0.39, 0.29) is 10.8 Å². The summed E-state index contributed by atoms with van der Waals surface area (Å²) in [6.45, 7) is 11.7. The third-order valence-corrected chi connectivity index (χ3v) is 7.48. The minimum absolute atomic E-state index is 0.0557. The summed E-state index contributed by atoms with van der Waals surface area (Å²) in [7, 11) is -3.46. The molecule has 0 atom stereocenters. The minimum atomic E-state index is -3.46. The van der Waals surface area contributed by atoms with E-state index < -0.39 is 10.0 Å². The lowest BCUT2D eigenvalue weighted by atomic mass is 10.1. The second-order valence-electron chi connectivity index (χ2n) is 7.44. The third kappa shape index (κ3) is 7.16. The van der Waals surface area contributed by atoms with Gasteiger partial charge in [0.1, 0.15) is 0 Å². The van der Waals surface area contributed by atoms with Crippen molar-refractivity contribution in [2.75, 3.05) is 31.5 Å². The average Bonchev–Trinajstić information content (AvgIpc) is 2.77. The predicted molar refractivity (Wildman–Crippen MR) is 127 cm³/mol. The molecule has 2 aromatic rings. The van der Waals surface area contributed by atoms with Gasteiger partial charge in [-0.15, -0.1) is 0 Å². The van der Waals surface area contributed by atoms with Crippen LogP contribution in [0.25, 0.3) is 0 Å². The van der Waals surface area contributed by atoms with Crippen LogP contribution in [0.15, 0.2) is 53.4 Å². The molecular formula is C24H35N3O3S. The molecule has 0 saturated carbocycles. The van der Waals surface area contributed by atoms with Gasteiger partial charge < -0.3 is 5.32 Å². The summed E-state index contributed by atoms with van der Waals surface area (Å²) in [6, 6.07) is 14.8. The van der Waals surface area contributed by atoms with E-state index in [1.165, 1.54) is 9.87 Å². The number of hydrogen-bond donors (Lipinski definition) is 1. The fourth-order valence-corrected chi connectivity index (χ4v) is 4.93. The highest BCUT2D eigenvalue weighted by atomic mass is 32.2. The molecule has 0 aliphatic heterocycles. The number of carbonyl (C=O) groups is 1. The first-order chi connectivity index (χ1) is 14.8. The summed E-state index contributed by atoms with van der Waals surface area (Å²) < 4.78 is 26.6. The Morgan fingerprint density at radius 2 is 1.52 bits per heavy atom. The Kier molecular flexibility index (Phi) is 9.68. The maximum Gasteiger partial charge on any atom is 0.243 e. The lowest BCUT2D eigenvalue weighted by molar-refractivity contribution is -0.116. The predicted octanol–water partition coefficient (Wildman–Crippen LogP) is 4.13. The van der Waals surface area contributed by atoms with Crippen molar-refractivity contribution in [3.05, 3.63) is 59.7 Å². The summed E-state index contributed by atoms with van der Waals surface area (Å²) in [5, 5.41) is 2.97. The van der Waals surface area contributed by atoms with E-state index in [4.69, 9.17) is 0 Å². The van der Waals surface area contributed by atoms with Gasteiger partial charge in [-0.1, -0.05) is 52.0 Å². The molecule has 2 rings (SSSR count). The standard InChI is InChI=1S/C24H35N3O3S/c1-5-26(6-2)19-21-10-9-11-22(18-21)25-24(28)17-14-20-12-15-23(16-13-20)31(29,30)27(7-3)8-4/h9-13,15-16,18H,5-8,14,17,19H2,1-4H3,(H,25,28). The Labute approximate surface area is 187 Å². The highest BCUT2D eigenvalue weighted by Crippen LogP contribution is 2.17. The molecule has 0 radical (unpaired) electrons. The summed E-state index contributed by atoms with van der Waals surface area (Å²) >= 11 is 0. The van der Waals surface area contributed by atoms with E-state index >= 15 is 0 Å². The lowest BCUT2D eigenvalue weighted by Gasteiger charge is -2.18. The molecule has 0 aromatic heterocycles. The number of benzene rings is 2. The van der Waals surface area contributed by atoms with E-state index in [2.05, 4.69) is 30.1 Å². The van der Waals surface area contributed by atoms with Gasteiger partial charge in [0, 0.05) is 31.7 Å². The van der Waals surface area contributed by atoms with Crippen LogP contribution in [0, 0.1) is 0 Å². The molecule has 1 amide bonds. The fourth-order valence-electron chi connectivity index (χ4n) is 3.47. The molecule has 31 heavy (non-hydrogen) atoms. The molecular weight excluding hydrogens is 410 g/mol. The molecule has 0 unspecified atom stereocenters. The highest BCUT2D eigenvalue weighted by Gasteiger charge is 2.21. The van der Waals surface area contributed by atoms with Gasteiger partial charge in [-0.2, -0.15) is 4.31 Å². The molecule has 0 aliphatic rings. The zero-order valence-corrected chi connectivity index (χ0v) is 19.9. The van der Waals surface area contributed by atoms with Gasteiger partial charge >= 0.3 is 0 Å². The number of sulfonamides is 1. The van der Waals surface area contributed by atoms with Crippen LogP contribution < -0.4 is 5.32 Å².